The SMILES string of the molecule is CCCOc1ccc(/C=C/C(=O)Nc2nc(-c3cccs3)cs2)cc1. The van der Waals surface area contributed by atoms with E-state index < -0.39 is 0 Å². The molecule has 0 atom stereocenters. The number of hydrogen-bond donors (Lipinski definition) is 1. The van der Waals surface area contributed by atoms with Gasteiger partial charge in [-0.15, -0.1) is 22.7 Å². The van der Waals surface area contributed by atoms with Crippen LogP contribution in [0.3, 0.4) is 0 Å². The van der Waals surface area contributed by atoms with Crippen molar-refractivity contribution in [2.75, 3.05) is 11.9 Å². The van der Waals surface area contributed by atoms with Gasteiger partial charge in [0.2, 0.25) is 5.91 Å². The van der Waals surface area contributed by atoms with E-state index in [1.165, 1.54) is 17.4 Å². The van der Waals surface area contributed by atoms with Crippen LogP contribution in [0.4, 0.5) is 5.13 Å². The number of amides is 1. The van der Waals surface area contributed by atoms with Gasteiger partial charge in [-0.1, -0.05) is 25.1 Å². The van der Waals surface area contributed by atoms with Crippen LogP contribution in [0, 0.1) is 0 Å². The fourth-order valence-corrected chi connectivity index (χ4v) is 3.56. The lowest BCUT2D eigenvalue weighted by atomic mass is 10.2. The molecule has 0 spiro atoms. The summed E-state index contributed by atoms with van der Waals surface area (Å²) >= 11 is 3.05. The minimum Gasteiger partial charge on any atom is -0.494 e. The number of nitrogens with one attached hydrogen (secondary N) is 1. The quantitative estimate of drug-likeness (QED) is 0.573. The number of benzene rings is 1. The number of rotatable bonds is 7. The minimum atomic E-state index is -0.196. The summed E-state index contributed by atoms with van der Waals surface area (Å²) in [5, 5.41) is 7.35. The number of anilines is 1. The van der Waals surface area contributed by atoms with E-state index in [-0.39, 0.29) is 5.91 Å². The summed E-state index contributed by atoms with van der Waals surface area (Å²) in [6.45, 7) is 2.78. The van der Waals surface area contributed by atoms with E-state index in [1.54, 1.807) is 17.4 Å². The highest BCUT2D eigenvalue weighted by atomic mass is 32.1. The van der Waals surface area contributed by atoms with Gasteiger partial charge in [-0.3, -0.25) is 10.1 Å². The van der Waals surface area contributed by atoms with E-state index in [1.807, 2.05) is 47.2 Å². The highest BCUT2D eigenvalue weighted by Gasteiger charge is 2.06. The van der Waals surface area contributed by atoms with Crippen LogP contribution in [0.5, 0.6) is 5.75 Å². The molecule has 0 aliphatic carbocycles. The molecular formula is C19H18N2O2S2. The normalized spacial score (nSPS) is 10.9. The number of ether oxygens (including phenoxy) is 1. The second kappa shape index (κ2) is 8.60. The second-order valence-corrected chi connectivity index (χ2v) is 7.06. The van der Waals surface area contributed by atoms with Crippen molar-refractivity contribution in [1.82, 2.24) is 4.98 Å². The highest BCUT2D eigenvalue weighted by Crippen LogP contribution is 2.28. The van der Waals surface area contributed by atoms with Gasteiger partial charge in [0, 0.05) is 11.5 Å². The molecule has 0 fully saturated rings. The zero-order chi connectivity index (χ0) is 17.5. The van der Waals surface area contributed by atoms with Crippen LogP contribution in [0.2, 0.25) is 0 Å². The monoisotopic (exact) mass is 370 g/mol. The molecule has 0 aliphatic rings. The smallest absolute Gasteiger partial charge is 0.250 e. The molecule has 2 heterocycles. The van der Waals surface area contributed by atoms with E-state index in [9.17, 15) is 4.79 Å². The zero-order valence-electron chi connectivity index (χ0n) is 13.8. The Balaban J connectivity index is 1.56. The van der Waals surface area contributed by atoms with Gasteiger partial charge in [-0.25, -0.2) is 4.98 Å². The second-order valence-electron chi connectivity index (χ2n) is 5.26. The van der Waals surface area contributed by atoms with Gasteiger partial charge < -0.3 is 4.74 Å². The summed E-state index contributed by atoms with van der Waals surface area (Å²) in [6, 6.07) is 11.7. The third-order valence-electron chi connectivity index (χ3n) is 3.29. The topological polar surface area (TPSA) is 51.2 Å². The standard InChI is InChI=1S/C19H18N2O2S2/c1-2-11-23-15-8-5-14(6-9-15)7-10-18(22)21-19-20-16(13-25-19)17-4-3-12-24-17/h3-10,12-13H,2,11H2,1H3,(H,20,21,22)/b10-7+. The molecule has 0 bridgehead atoms. The van der Waals surface area contributed by atoms with Crippen molar-refractivity contribution in [2.24, 2.45) is 0 Å². The molecule has 4 nitrogen and oxygen atoms in total. The van der Waals surface area contributed by atoms with Crippen molar-refractivity contribution in [3.05, 3.63) is 58.8 Å². The first-order chi connectivity index (χ1) is 12.2. The van der Waals surface area contributed by atoms with Gasteiger partial charge in [0.15, 0.2) is 5.13 Å². The van der Waals surface area contributed by atoms with E-state index in [0.29, 0.717) is 11.7 Å². The van der Waals surface area contributed by atoms with Gasteiger partial charge >= 0.3 is 0 Å². The van der Waals surface area contributed by atoms with Crippen molar-refractivity contribution in [3.63, 3.8) is 0 Å². The fourth-order valence-electron chi connectivity index (χ4n) is 2.08. The van der Waals surface area contributed by atoms with E-state index in [4.69, 9.17) is 4.74 Å². The Kier molecular flexibility index (Phi) is 5.98. The summed E-state index contributed by atoms with van der Waals surface area (Å²) in [5.74, 6) is 0.644. The van der Waals surface area contributed by atoms with E-state index in [2.05, 4.69) is 17.2 Å². The molecule has 3 aromatic rings. The van der Waals surface area contributed by atoms with Crippen LogP contribution in [-0.2, 0) is 4.79 Å². The highest BCUT2D eigenvalue weighted by molar-refractivity contribution is 7.16. The van der Waals surface area contributed by atoms with E-state index >= 15 is 0 Å². The molecule has 6 heteroatoms. The molecule has 0 unspecified atom stereocenters. The largest absolute Gasteiger partial charge is 0.494 e. The summed E-state index contributed by atoms with van der Waals surface area (Å²) in [6.07, 6.45) is 4.26. The molecule has 1 amide bonds. The van der Waals surface area contributed by atoms with Crippen molar-refractivity contribution in [1.29, 1.82) is 0 Å². The third-order valence-corrected chi connectivity index (χ3v) is 4.94. The summed E-state index contributed by atoms with van der Waals surface area (Å²) in [7, 11) is 0. The molecular weight excluding hydrogens is 352 g/mol. The first kappa shape index (κ1) is 17.4. The van der Waals surface area contributed by atoms with Crippen molar-refractivity contribution < 1.29 is 9.53 Å². The summed E-state index contributed by atoms with van der Waals surface area (Å²) < 4.78 is 5.54. The van der Waals surface area contributed by atoms with Gasteiger partial charge in [-0.2, -0.15) is 0 Å². The number of thiophene rings is 1. The van der Waals surface area contributed by atoms with Crippen LogP contribution in [-0.4, -0.2) is 17.5 Å². The predicted molar refractivity (Wildman–Crippen MR) is 105 cm³/mol. The number of aromatic nitrogens is 1. The fraction of sp³-hybridized carbons (Fsp3) is 0.158. The van der Waals surface area contributed by atoms with Crippen LogP contribution < -0.4 is 10.1 Å². The summed E-state index contributed by atoms with van der Waals surface area (Å²) in [4.78, 5) is 17.6. The minimum absolute atomic E-state index is 0.196. The van der Waals surface area contributed by atoms with Crippen LogP contribution in [0.25, 0.3) is 16.6 Å². The lowest BCUT2D eigenvalue weighted by molar-refractivity contribution is -0.111. The van der Waals surface area contributed by atoms with Crippen LogP contribution in [0.15, 0.2) is 53.2 Å². The first-order valence-corrected chi connectivity index (χ1v) is 9.72. The molecule has 0 saturated carbocycles. The Morgan fingerprint density at radius 1 is 1.24 bits per heavy atom. The average Bonchev–Trinajstić information content (AvgIpc) is 3.30. The molecule has 25 heavy (non-hydrogen) atoms. The Labute approximate surface area is 154 Å². The summed E-state index contributed by atoms with van der Waals surface area (Å²) in [5.41, 5.74) is 1.83. The molecule has 2 aromatic heterocycles. The van der Waals surface area contributed by atoms with Crippen LogP contribution in [0.1, 0.15) is 18.9 Å². The van der Waals surface area contributed by atoms with Crippen molar-refractivity contribution in [3.8, 4) is 16.3 Å². The maximum Gasteiger partial charge on any atom is 0.250 e. The van der Waals surface area contributed by atoms with Crippen LogP contribution >= 0.6 is 22.7 Å². The predicted octanol–water partition coefficient (Wildman–Crippen LogP) is 5.31. The van der Waals surface area contributed by atoms with Gasteiger partial charge in [0.05, 0.1) is 17.2 Å². The maximum atomic E-state index is 12.0. The average molecular weight is 370 g/mol. The van der Waals surface area contributed by atoms with E-state index in [0.717, 1.165) is 28.3 Å². The molecule has 0 saturated heterocycles. The molecule has 128 valence electrons. The molecule has 1 N–H and O–H groups in total. The third kappa shape index (κ3) is 5.01. The molecule has 1 aromatic carbocycles. The number of nitrogens with zero attached hydrogens (tertiary/aromatic N) is 1. The lowest BCUT2D eigenvalue weighted by Gasteiger charge is -2.03. The number of carbonyl (C=O) groups is 1. The Morgan fingerprint density at radius 3 is 2.80 bits per heavy atom. The number of thiazole rings is 1. The Morgan fingerprint density at radius 2 is 2.08 bits per heavy atom. The molecule has 3 rings (SSSR count). The van der Waals surface area contributed by atoms with Gasteiger partial charge in [0.1, 0.15) is 5.75 Å². The lowest BCUT2D eigenvalue weighted by Crippen LogP contribution is -2.07. The maximum absolute atomic E-state index is 12.0. The van der Waals surface area contributed by atoms with Gasteiger partial charge in [0.25, 0.3) is 0 Å². The van der Waals surface area contributed by atoms with Crippen molar-refractivity contribution in [2.45, 2.75) is 13.3 Å². The zero-order valence-corrected chi connectivity index (χ0v) is 15.4. The molecule has 0 radical (unpaired) electrons. The molecule has 0 aliphatic heterocycles. The first-order valence-electron chi connectivity index (χ1n) is 7.96. The Hall–Kier alpha value is -2.44. The Bertz CT molecular complexity index is 837. The van der Waals surface area contributed by atoms with Gasteiger partial charge in [-0.05, 0) is 41.6 Å². The van der Waals surface area contributed by atoms with Crippen molar-refractivity contribution >= 4 is 39.8 Å². The number of carbonyl (C=O) groups excluding carboxylic acids is 1. The number of hydrogen-bond acceptors (Lipinski definition) is 5.